The second-order valence-corrected chi connectivity index (χ2v) is 5.30. The minimum Gasteiger partial charge on any atom is -0.495 e. The van der Waals surface area contributed by atoms with Gasteiger partial charge < -0.3 is 15.8 Å². The van der Waals surface area contributed by atoms with Crippen molar-refractivity contribution in [1.29, 1.82) is 0 Å². The molecule has 3 nitrogen and oxygen atoms in total. The highest BCUT2D eigenvalue weighted by Gasteiger charge is 2.20. The van der Waals surface area contributed by atoms with Gasteiger partial charge in [-0.2, -0.15) is 0 Å². The van der Waals surface area contributed by atoms with Gasteiger partial charge in [-0.05, 0) is 44.9 Å². The van der Waals surface area contributed by atoms with Crippen LogP contribution in [0.2, 0.25) is 5.02 Å². The topological polar surface area (TPSA) is 47.3 Å². The van der Waals surface area contributed by atoms with E-state index in [9.17, 15) is 0 Å². The number of hydrogen-bond acceptors (Lipinski definition) is 3. The summed E-state index contributed by atoms with van der Waals surface area (Å²) in [5.74, 6) is 0.797. The lowest BCUT2D eigenvalue weighted by Crippen LogP contribution is -2.39. The highest BCUT2D eigenvalue weighted by molar-refractivity contribution is 6.32. The van der Waals surface area contributed by atoms with E-state index in [-0.39, 0.29) is 5.54 Å². The van der Waals surface area contributed by atoms with Gasteiger partial charge in [0.05, 0.1) is 12.8 Å². The van der Waals surface area contributed by atoms with Gasteiger partial charge in [-0.25, -0.2) is 0 Å². The van der Waals surface area contributed by atoms with Gasteiger partial charge in [0.15, 0.2) is 0 Å². The molecule has 0 radical (unpaired) electrons. The number of rotatable bonds is 4. The lowest BCUT2D eigenvalue weighted by molar-refractivity contribution is 0.414. The lowest BCUT2D eigenvalue weighted by Gasteiger charge is -2.28. The molecular weight excluding hydrogens is 236 g/mol. The summed E-state index contributed by atoms with van der Waals surface area (Å²) in [5, 5.41) is 4.15. The summed E-state index contributed by atoms with van der Waals surface area (Å²) in [7, 11) is 1.66. The first kappa shape index (κ1) is 14.1. The number of ether oxygens (including phenoxy) is 1. The summed E-state index contributed by atoms with van der Waals surface area (Å²) in [6.07, 6.45) is 0. The molecule has 0 spiro atoms. The fourth-order valence-corrected chi connectivity index (χ4v) is 1.78. The zero-order chi connectivity index (χ0) is 13.2. The van der Waals surface area contributed by atoms with Gasteiger partial charge in [0.25, 0.3) is 0 Å². The molecule has 1 aromatic carbocycles. The quantitative estimate of drug-likeness (QED) is 0.870. The molecule has 4 heteroatoms. The summed E-state index contributed by atoms with van der Waals surface area (Å²) < 4.78 is 5.39. The van der Waals surface area contributed by atoms with E-state index in [0.717, 1.165) is 27.6 Å². The molecule has 1 rings (SSSR count). The van der Waals surface area contributed by atoms with E-state index >= 15 is 0 Å². The Morgan fingerprint density at radius 3 is 2.47 bits per heavy atom. The first-order chi connectivity index (χ1) is 7.82. The largest absolute Gasteiger partial charge is 0.495 e. The van der Waals surface area contributed by atoms with Crippen molar-refractivity contribution < 1.29 is 4.74 Å². The molecule has 3 N–H and O–H groups in total. The first-order valence-corrected chi connectivity index (χ1v) is 6.02. The minimum absolute atomic E-state index is 0.198. The number of hydrogen-bond donors (Lipinski definition) is 2. The van der Waals surface area contributed by atoms with Crippen molar-refractivity contribution in [2.24, 2.45) is 5.73 Å². The number of nitrogens with one attached hydrogen (secondary N) is 1. The van der Waals surface area contributed by atoms with Crippen LogP contribution in [0.4, 0.5) is 5.69 Å². The molecule has 0 bridgehead atoms. The summed E-state index contributed by atoms with van der Waals surface area (Å²) >= 11 is 6.26. The predicted octanol–water partition coefficient (Wildman–Crippen LogP) is 3.11. The summed E-state index contributed by atoms with van der Waals surface area (Å²) in [6, 6.07) is 1.93. The molecule has 0 atom stereocenters. The van der Waals surface area contributed by atoms with E-state index < -0.39 is 0 Å². The van der Waals surface area contributed by atoms with Crippen LogP contribution in [0, 0.1) is 13.8 Å². The van der Waals surface area contributed by atoms with E-state index in [2.05, 4.69) is 5.32 Å². The van der Waals surface area contributed by atoms with Crippen LogP contribution < -0.4 is 15.8 Å². The first-order valence-electron chi connectivity index (χ1n) is 5.64. The van der Waals surface area contributed by atoms with Gasteiger partial charge in [-0.15, -0.1) is 0 Å². The molecule has 0 fully saturated rings. The summed E-state index contributed by atoms with van der Waals surface area (Å²) in [4.78, 5) is 0. The van der Waals surface area contributed by atoms with Crippen LogP contribution in [-0.2, 0) is 0 Å². The van der Waals surface area contributed by atoms with Crippen LogP contribution in [-0.4, -0.2) is 19.2 Å². The fraction of sp³-hybridized carbons (Fsp3) is 0.538. The molecule has 0 aliphatic rings. The van der Waals surface area contributed by atoms with Crippen LogP contribution in [0.3, 0.4) is 0 Å². The zero-order valence-electron chi connectivity index (χ0n) is 11.1. The van der Waals surface area contributed by atoms with E-state index in [1.807, 2.05) is 33.8 Å². The summed E-state index contributed by atoms with van der Waals surface area (Å²) in [6.45, 7) is 8.56. The molecule has 0 saturated carbocycles. The molecule has 0 aliphatic carbocycles. The number of benzene rings is 1. The molecular formula is C13H21ClN2O. The monoisotopic (exact) mass is 256 g/mol. The van der Waals surface area contributed by atoms with Gasteiger partial charge in [0.2, 0.25) is 0 Å². The smallest absolute Gasteiger partial charge is 0.142 e. The van der Waals surface area contributed by atoms with Crippen molar-refractivity contribution in [3.05, 3.63) is 22.2 Å². The highest BCUT2D eigenvalue weighted by Crippen LogP contribution is 2.37. The predicted molar refractivity (Wildman–Crippen MR) is 74.2 cm³/mol. The van der Waals surface area contributed by atoms with Crippen LogP contribution >= 0.6 is 11.6 Å². The number of methoxy groups -OCH3 is 1. The van der Waals surface area contributed by atoms with Gasteiger partial charge in [0.1, 0.15) is 5.75 Å². The van der Waals surface area contributed by atoms with E-state index in [4.69, 9.17) is 22.1 Å². The third-order valence-corrected chi connectivity index (χ3v) is 3.42. The molecule has 0 aliphatic heterocycles. The van der Waals surface area contributed by atoms with E-state index in [1.54, 1.807) is 7.11 Å². The molecule has 0 saturated heterocycles. The maximum absolute atomic E-state index is 6.26. The number of anilines is 1. The standard InChI is InChI=1S/C13H21ClN2O/c1-8-6-10(17-5)12(9(2)11(8)14)16-13(3,4)7-15/h6,16H,7,15H2,1-5H3. The molecule has 0 unspecified atom stereocenters. The Morgan fingerprint density at radius 1 is 1.41 bits per heavy atom. The SMILES string of the molecule is COc1cc(C)c(Cl)c(C)c1NC(C)(C)CN. The maximum Gasteiger partial charge on any atom is 0.142 e. The van der Waals surface area contributed by atoms with Gasteiger partial charge >= 0.3 is 0 Å². The van der Waals surface area contributed by atoms with Gasteiger partial charge in [-0.3, -0.25) is 0 Å². The molecule has 0 heterocycles. The Kier molecular flexibility index (Phi) is 4.28. The van der Waals surface area contributed by atoms with Crippen molar-refractivity contribution in [2.75, 3.05) is 19.0 Å². The average Bonchev–Trinajstić information content (AvgIpc) is 2.29. The van der Waals surface area contributed by atoms with Crippen molar-refractivity contribution in [1.82, 2.24) is 0 Å². The van der Waals surface area contributed by atoms with Crippen molar-refractivity contribution in [2.45, 2.75) is 33.2 Å². The number of halogens is 1. The highest BCUT2D eigenvalue weighted by atomic mass is 35.5. The Morgan fingerprint density at radius 2 is 2.00 bits per heavy atom. The normalized spacial score (nSPS) is 11.5. The summed E-state index contributed by atoms with van der Waals surface area (Å²) in [5.41, 5.74) is 8.45. The fourth-order valence-electron chi connectivity index (χ4n) is 1.63. The second kappa shape index (κ2) is 5.15. The number of nitrogens with two attached hydrogens (primary N) is 1. The zero-order valence-corrected chi connectivity index (χ0v) is 11.9. The Hall–Kier alpha value is -0.930. The van der Waals surface area contributed by atoms with E-state index in [1.165, 1.54) is 0 Å². The molecule has 17 heavy (non-hydrogen) atoms. The lowest BCUT2D eigenvalue weighted by atomic mass is 10.0. The second-order valence-electron chi connectivity index (χ2n) is 4.92. The van der Waals surface area contributed by atoms with Crippen LogP contribution in [0.1, 0.15) is 25.0 Å². The van der Waals surface area contributed by atoms with Crippen molar-refractivity contribution >= 4 is 17.3 Å². The maximum atomic E-state index is 6.26. The third kappa shape index (κ3) is 3.05. The third-order valence-electron chi connectivity index (χ3n) is 2.84. The number of aryl methyl sites for hydroxylation is 1. The van der Waals surface area contributed by atoms with Crippen LogP contribution in [0.15, 0.2) is 6.07 Å². The van der Waals surface area contributed by atoms with Gasteiger partial charge in [-0.1, -0.05) is 11.6 Å². The molecule has 0 aromatic heterocycles. The molecule has 96 valence electrons. The van der Waals surface area contributed by atoms with Crippen molar-refractivity contribution in [3.63, 3.8) is 0 Å². The van der Waals surface area contributed by atoms with Crippen molar-refractivity contribution in [3.8, 4) is 5.75 Å². The average molecular weight is 257 g/mol. The minimum atomic E-state index is -0.198. The van der Waals surface area contributed by atoms with Crippen LogP contribution in [0.5, 0.6) is 5.75 Å². The molecule has 1 aromatic rings. The Bertz CT molecular complexity index is 416. The Balaban J connectivity index is 3.27. The van der Waals surface area contributed by atoms with Crippen LogP contribution in [0.25, 0.3) is 0 Å². The van der Waals surface area contributed by atoms with Gasteiger partial charge in [0, 0.05) is 17.1 Å². The molecule has 0 amide bonds. The Labute approximate surface area is 108 Å². The van der Waals surface area contributed by atoms with E-state index in [0.29, 0.717) is 6.54 Å².